The molecule has 1 aromatic carbocycles. The van der Waals surface area contributed by atoms with Crippen LogP contribution >= 0.6 is 0 Å². The van der Waals surface area contributed by atoms with Crippen LogP contribution in [-0.4, -0.2) is 64.9 Å². The quantitative estimate of drug-likeness (QED) is 0.365. The zero-order chi connectivity index (χ0) is 26.7. The average Bonchev–Trinajstić information content (AvgIpc) is 3.64. The van der Waals surface area contributed by atoms with E-state index in [-0.39, 0.29) is 40.3 Å². The molecule has 1 N–H and O–H groups in total. The molecule has 0 spiro atoms. The molecule has 4 atom stereocenters. The van der Waals surface area contributed by atoms with Crippen LogP contribution in [-0.2, 0) is 24.8 Å². The molecule has 4 aromatic rings. The first kappa shape index (κ1) is 25.4. The summed E-state index contributed by atoms with van der Waals surface area (Å²) in [6.07, 6.45) is 5.65. The lowest BCUT2D eigenvalue weighted by atomic mass is 9.97. The normalized spacial score (nSPS) is 24.6. The first-order valence-electron chi connectivity index (χ1n) is 12.8. The Kier molecular flexibility index (Phi) is 6.29. The summed E-state index contributed by atoms with van der Waals surface area (Å²) in [5.41, 5.74) is 2.33. The zero-order valence-electron chi connectivity index (χ0n) is 21.2. The number of hydrogen-bond donors (Lipinski definition) is 1. The molecule has 2 fully saturated rings. The van der Waals surface area contributed by atoms with E-state index in [9.17, 15) is 16.8 Å². The predicted octanol–water partition coefficient (Wildman–Crippen LogP) is 2.60. The Labute approximate surface area is 221 Å². The molecule has 202 valence electrons. The van der Waals surface area contributed by atoms with Crippen molar-refractivity contribution in [1.29, 1.82) is 0 Å². The van der Waals surface area contributed by atoms with Crippen LogP contribution in [0.2, 0.25) is 0 Å². The third-order valence-electron chi connectivity index (χ3n) is 7.63. The summed E-state index contributed by atoms with van der Waals surface area (Å²) in [6.45, 7) is 4.59. The first-order valence-corrected chi connectivity index (χ1v) is 15.9. The lowest BCUT2D eigenvalue weighted by Gasteiger charge is -2.16. The molecule has 2 aliphatic rings. The molecule has 38 heavy (non-hydrogen) atoms. The highest BCUT2D eigenvalue weighted by Gasteiger charge is 2.38. The maximum absolute atomic E-state index is 13.4. The van der Waals surface area contributed by atoms with Crippen LogP contribution in [0.4, 0.5) is 0 Å². The van der Waals surface area contributed by atoms with E-state index >= 15 is 0 Å². The summed E-state index contributed by atoms with van der Waals surface area (Å²) in [4.78, 5) is 4.58. The number of fused-ring (bicyclic) bond motifs is 3. The fourth-order valence-corrected chi connectivity index (χ4v) is 8.58. The predicted molar refractivity (Wildman–Crippen MR) is 141 cm³/mol. The van der Waals surface area contributed by atoms with E-state index in [0.29, 0.717) is 36.4 Å². The molecule has 0 bridgehead atoms. The topological polar surface area (TPSA) is 138 Å². The summed E-state index contributed by atoms with van der Waals surface area (Å²) in [5.74, 6) is 0.722. The Morgan fingerprint density at radius 1 is 1.08 bits per heavy atom. The minimum atomic E-state index is -3.86. The van der Waals surface area contributed by atoms with Gasteiger partial charge in [0, 0.05) is 24.8 Å². The van der Waals surface area contributed by atoms with Crippen LogP contribution in [0.25, 0.3) is 16.8 Å². The van der Waals surface area contributed by atoms with Crippen molar-refractivity contribution in [3.05, 3.63) is 54.1 Å². The van der Waals surface area contributed by atoms with Gasteiger partial charge < -0.3 is 4.74 Å². The monoisotopic (exact) mass is 558 g/mol. The van der Waals surface area contributed by atoms with Gasteiger partial charge >= 0.3 is 0 Å². The van der Waals surface area contributed by atoms with Crippen molar-refractivity contribution >= 4 is 36.9 Å². The highest BCUT2D eigenvalue weighted by molar-refractivity contribution is 7.90. The van der Waals surface area contributed by atoms with Crippen molar-refractivity contribution in [2.45, 2.75) is 62.5 Å². The minimum Gasteiger partial charge on any atom is -0.377 e. The van der Waals surface area contributed by atoms with E-state index in [1.165, 1.54) is 16.4 Å². The Hall–Kier alpha value is -2.87. The second-order valence-corrected chi connectivity index (χ2v) is 14.0. The van der Waals surface area contributed by atoms with Gasteiger partial charge in [-0.25, -0.2) is 30.5 Å². The van der Waals surface area contributed by atoms with Gasteiger partial charge in [-0.3, -0.25) is 4.40 Å². The summed E-state index contributed by atoms with van der Waals surface area (Å²) in [6, 6.07) is 8.16. The summed E-state index contributed by atoms with van der Waals surface area (Å²) < 4.78 is 63.7. The second-order valence-electron chi connectivity index (χ2n) is 10.4. The number of sulfonamides is 1. The van der Waals surface area contributed by atoms with Gasteiger partial charge in [-0.2, -0.15) is 0 Å². The molecule has 1 aliphatic carbocycles. The molecule has 1 saturated heterocycles. The number of rotatable bonds is 7. The third kappa shape index (κ3) is 4.51. The van der Waals surface area contributed by atoms with Crippen molar-refractivity contribution in [3.63, 3.8) is 0 Å². The molecule has 3 aromatic heterocycles. The summed E-state index contributed by atoms with van der Waals surface area (Å²) in [5, 5.41) is 8.74. The van der Waals surface area contributed by atoms with Crippen molar-refractivity contribution < 1.29 is 21.6 Å². The number of benzene rings is 1. The SMILES string of the molecule is Cc1ccc(S(=O)(=O)n2ccc3c2ncc2nnc([C@H]4C[C@@H](NS(=O)(=O)CC5CCCO5)C[C@H]4C)n23)cc1. The number of nitrogens with one attached hydrogen (secondary N) is 1. The number of ether oxygens (including phenoxy) is 1. The summed E-state index contributed by atoms with van der Waals surface area (Å²) >= 11 is 0. The summed E-state index contributed by atoms with van der Waals surface area (Å²) in [7, 11) is -7.34. The van der Waals surface area contributed by atoms with E-state index in [2.05, 4.69) is 26.8 Å². The Balaban J connectivity index is 1.31. The van der Waals surface area contributed by atoms with Crippen LogP contribution in [0.1, 0.15) is 49.9 Å². The molecular formula is C25H30N6O5S2. The van der Waals surface area contributed by atoms with Crippen molar-refractivity contribution in [2.75, 3.05) is 12.4 Å². The zero-order valence-corrected chi connectivity index (χ0v) is 22.8. The average molecular weight is 559 g/mol. The highest BCUT2D eigenvalue weighted by Crippen LogP contribution is 2.40. The van der Waals surface area contributed by atoms with Crippen molar-refractivity contribution in [3.8, 4) is 0 Å². The molecule has 6 rings (SSSR count). The molecular weight excluding hydrogens is 528 g/mol. The smallest absolute Gasteiger partial charge is 0.269 e. The molecule has 0 amide bonds. The van der Waals surface area contributed by atoms with E-state index in [1.54, 1.807) is 30.3 Å². The van der Waals surface area contributed by atoms with E-state index in [4.69, 9.17) is 4.74 Å². The first-order chi connectivity index (χ1) is 18.1. The van der Waals surface area contributed by atoms with E-state index < -0.39 is 20.0 Å². The molecule has 11 nitrogen and oxygen atoms in total. The van der Waals surface area contributed by atoms with Crippen LogP contribution in [0.15, 0.2) is 47.6 Å². The fourth-order valence-electron chi connectivity index (χ4n) is 5.74. The molecule has 13 heteroatoms. The number of aryl methyl sites for hydroxylation is 1. The number of hydrogen-bond acceptors (Lipinski definition) is 8. The minimum absolute atomic E-state index is 0.0221. The number of nitrogens with zero attached hydrogens (tertiary/aromatic N) is 5. The van der Waals surface area contributed by atoms with Crippen LogP contribution in [0, 0.1) is 12.8 Å². The van der Waals surface area contributed by atoms with Crippen LogP contribution in [0.5, 0.6) is 0 Å². The van der Waals surface area contributed by atoms with Gasteiger partial charge in [0.05, 0.1) is 28.5 Å². The standard InChI is InChI=1S/C25H30N6O5S2/c1-16-5-7-20(8-6-16)38(34,35)30-10-9-22-25(30)26-14-23-27-28-24(31(22)23)21-13-18(12-17(21)2)29-37(32,33)15-19-4-3-11-36-19/h5-10,14,17-19,21,29H,3-4,11-13,15H2,1-2H3/t17-,18+,19?,21+/m1/s1. The third-order valence-corrected chi connectivity index (χ3v) is 10.8. The van der Waals surface area contributed by atoms with Crippen LogP contribution < -0.4 is 4.72 Å². The second kappa shape index (κ2) is 9.40. The van der Waals surface area contributed by atoms with Gasteiger partial charge in [0.1, 0.15) is 5.82 Å². The molecule has 0 radical (unpaired) electrons. The van der Waals surface area contributed by atoms with Gasteiger partial charge in [0.2, 0.25) is 10.0 Å². The molecule has 1 aliphatic heterocycles. The van der Waals surface area contributed by atoms with Crippen molar-refractivity contribution in [2.24, 2.45) is 5.92 Å². The lowest BCUT2D eigenvalue weighted by Crippen LogP contribution is -2.38. The van der Waals surface area contributed by atoms with E-state index in [0.717, 1.165) is 18.4 Å². The van der Waals surface area contributed by atoms with Gasteiger partial charge in [-0.15, -0.1) is 10.2 Å². The van der Waals surface area contributed by atoms with Crippen molar-refractivity contribution in [1.82, 2.24) is 28.3 Å². The van der Waals surface area contributed by atoms with E-state index in [1.807, 2.05) is 11.3 Å². The Morgan fingerprint density at radius 3 is 2.61 bits per heavy atom. The Bertz CT molecular complexity index is 1710. The highest BCUT2D eigenvalue weighted by atomic mass is 32.2. The lowest BCUT2D eigenvalue weighted by molar-refractivity contribution is 0.127. The maximum Gasteiger partial charge on any atom is 0.269 e. The fraction of sp³-hybridized carbons (Fsp3) is 0.480. The number of aromatic nitrogens is 5. The van der Waals surface area contributed by atoms with Crippen LogP contribution in [0.3, 0.4) is 0 Å². The van der Waals surface area contributed by atoms with Gasteiger partial charge in [0.15, 0.2) is 11.3 Å². The molecule has 1 saturated carbocycles. The van der Waals surface area contributed by atoms with Gasteiger partial charge in [-0.1, -0.05) is 24.6 Å². The van der Waals surface area contributed by atoms with Gasteiger partial charge in [0.25, 0.3) is 10.0 Å². The largest absolute Gasteiger partial charge is 0.377 e. The molecule has 4 heterocycles. The Morgan fingerprint density at radius 2 is 1.87 bits per heavy atom. The molecule has 1 unspecified atom stereocenters. The van der Waals surface area contributed by atoms with Gasteiger partial charge in [-0.05, 0) is 56.7 Å². The maximum atomic E-state index is 13.4.